The third-order valence-electron chi connectivity index (χ3n) is 4.27. The number of carbonyl (C=O) groups excluding carboxylic acids is 1. The molecule has 1 aromatic carbocycles. The Bertz CT molecular complexity index is 640. The summed E-state index contributed by atoms with van der Waals surface area (Å²) >= 11 is 0. The second-order valence-electron chi connectivity index (χ2n) is 6.30. The number of amides is 1. The van der Waals surface area contributed by atoms with Gasteiger partial charge in [0.15, 0.2) is 0 Å². The Morgan fingerprint density at radius 2 is 1.83 bits per heavy atom. The van der Waals surface area contributed by atoms with Crippen molar-refractivity contribution < 1.29 is 17.6 Å². The van der Waals surface area contributed by atoms with Gasteiger partial charge in [-0.1, -0.05) is 25.5 Å². The molecule has 1 atom stereocenters. The smallest absolute Gasteiger partial charge is 0.223 e. The van der Waals surface area contributed by atoms with Crippen LogP contribution >= 0.6 is 0 Å². The number of sulfonamides is 1. The van der Waals surface area contributed by atoms with Gasteiger partial charge >= 0.3 is 0 Å². The van der Waals surface area contributed by atoms with E-state index in [1.165, 1.54) is 16.4 Å². The fourth-order valence-corrected chi connectivity index (χ4v) is 4.25. The molecule has 1 heterocycles. The van der Waals surface area contributed by atoms with Gasteiger partial charge in [-0.2, -0.15) is 0 Å². The summed E-state index contributed by atoms with van der Waals surface area (Å²) in [7, 11) is -3.29. The SMILES string of the molecule is CC(Cc1ccc(F)cc1)C(=O)NCCS(=O)(=O)N1CCCCC1. The minimum Gasteiger partial charge on any atom is -0.355 e. The molecule has 134 valence electrons. The number of piperidine rings is 1. The first-order chi connectivity index (χ1) is 11.4. The van der Waals surface area contributed by atoms with Gasteiger partial charge < -0.3 is 5.32 Å². The highest BCUT2D eigenvalue weighted by Gasteiger charge is 2.24. The van der Waals surface area contributed by atoms with Crippen molar-refractivity contribution in [1.82, 2.24) is 9.62 Å². The predicted octanol–water partition coefficient (Wildman–Crippen LogP) is 1.94. The minimum absolute atomic E-state index is 0.0675. The van der Waals surface area contributed by atoms with E-state index in [1.807, 2.05) is 0 Å². The first kappa shape index (κ1) is 18.9. The molecule has 0 bridgehead atoms. The third kappa shape index (κ3) is 5.56. The predicted molar refractivity (Wildman–Crippen MR) is 91.5 cm³/mol. The molecule has 1 unspecified atom stereocenters. The fourth-order valence-electron chi connectivity index (χ4n) is 2.82. The molecule has 1 aliphatic rings. The van der Waals surface area contributed by atoms with Crippen LogP contribution in [0.15, 0.2) is 24.3 Å². The van der Waals surface area contributed by atoms with E-state index in [4.69, 9.17) is 0 Å². The zero-order chi connectivity index (χ0) is 17.6. The van der Waals surface area contributed by atoms with E-state index in [-0.39, 0.29) is 29.9 Å². The monoisotopic (exact) mass is 356 g/mol. The minimum atomic E-state index is -3.29. The number of benzene rings is 1. The van der Waals surface area contributed by atoms with Crippen LogP contribution in [0.2, 0.25) is 0 Å². The van der Waals surface area contributed by atoms with Gasteiger partial charge in [-0.15, -0.1) is 0 Å². The number of hydrogen-bond donors (Lipinski definition) is 1. The lowest BCUT2D eigenvalue weighted by atomic mass is 10.0. The molecule has 0 aliphatic carbocycles. The zero-order valence-electron chi connectivity index (χ0n) is 14.0. The first-order valence-electron chi connectivity index (χ1n) is 8.38. The highest BCUT2D eigenvalue weighted by Crippen LogP contribution is 2.13. The van der Waals surface area contributed by atoms with Crippen molar-refractivity contribution in [2.45, 2.75) is 32.6 Å². The second kappa shape index (κ2) is 8.58. The molecule has 5 nitrogen and oxygen atoms in total. The van der Waals surface area contributed by atoms with Gasteiger partial charge in [0.2, 0.25) is 15.9 Å². The molecule has 1 amide bonds. The molecule has 0 radical (unpaired) electrons. The summed E-state index contributed by atoms with van der Waals surface area (Å²) < 4.78 is 38.8. The topological polar surface area (TPSA) is 66.5 Å². The molecule has 1 saturated heterocycles. The number of hydrogen-bond acceptors (Lipinski definition) is 3. The summed E-state index contributed by atoms with van der Waals surface area (Å²) in [4.78, 5) is 12.1. The van der Waals surface area contributed by atoms with E-state index in [0.717, 1.165) is 24.8 Å². The molecular formula is C17H25FN2O3S. The average molecular weight is 356 g/mol. The molecule has 1 fully saturated rings. The molecule has 1 aliphatic heterocycles. The maximum absolute atomic E-state index is 12.9. The van der Waals surface area contributed by atoms with Crippen LogP contribution in [0.25, 0.3) is 0 Å². The molecule has 2 rings (SSSR count). The van der Waals surface area contributed by atoms with E-state index in [0.29, 0.717) is 19.5 Å². The van der Waals surface area contributed by atoms with Crippen LogP contribution in [0.4, 0.5) is 4.39 Å². The van der Waals surface area contributed by atoms with Crippen LogP contribution < -0.4 is 5.32 Å². The lowest BCUT2D eigenvalue weighted by Crippen LogP contribution is -2.41. The van der Waals surface area contributed by atoms with Crippen molar-refractivity contribution >= 4 is 15.9 Å². The highest BCUT2D eigenvalue weighted by atomic mass is 32.2. The molecule has 1 aromatic rings. The Labute approximate surface area is 143 Å². The summed E-state index contributed by atoms with van der Waals surface area (Å²) in [6.45, 7) is 3.05. The Hall–Kier alpha value is -1.47. The largest absolute Gasteiger partial charge is 0.355 e. The van der Waals surface area contributed by atoms with Gasteiger partial charge in [0.25, 0.3) is 0 Å². The van der Waals surface area contributed by atoms with Crippen molar-refractivity contribution in [3.8, 4) is 0 Å². The molecular weight excluding hydrogens is 331 g/mol. The molecule has 24 heavy (non-hydrogen) atoms. The van der Waals surface area contributed by atoms with Gasteiger partial charge in [0, 0.05) is 25.6 Å². The van der Waals surface area contributed by atoms with Crippen molar-refractivity contribution in [1.29, 1.82) is 0 Å². The molecule has 7 heteroatoms. The number of halogens is 1. The van der Waals surface area contributed by atoms with Crippen LogP contribution in [-0.4, -0.2) is 44.0 Å². The third-order valence-corrected chi connectivity index (χ3v) is 6.14. The maximum Gasteiger partial charge on any atom is 0.223 e. The Morgan fingerprint density at radius 1 is 1.21 bits per heavy atom. The van der Waals surface area contributed by atoms with Gasteiger partial charge in [0.05, 0.1) is 5.75 Å². The van der Waals surface area contributed by atoms with E-state index >= 15 is 0 Å². The number of rotatable bonds is 7. The van der Waals surface area contributed by atoms with Crippen molar-refractivity contribution in [3.05, 3.63) is 35.6 Å². The van der Waals surface area contributed by atoms with Gasteiger partial charge in [0.1, 0.15) is 5.82 Å². The van der Waals surface area contributed by atoms with E-state index < -0.39 is 10.0 Å². The Balaban J connectivity index is 1.76. The summed E-state index contributed by atoms with van der Waals surface area (Å²) in [5, 5.41) is 2.69. The maximum atomic E-state index is 12.9. The molecule has 1 N–H and O–H groups in total. The van der Waals surface area contributed by atoms with Crippen molar-refractivity contribution in [2.24, 2.45) is 5.92 Å². The van der Waals surface area contributed by atoms with E-state index in [2.05, 4.69) is 5.32 Å². The van der Waals surface area contributed by atoms with Crippen LogP contribution in [0.3, 0.4) is 0 Å². The zero-order valence-corrected chi connectivity index (χ0v) is 14.8. The van der Waals surface area contributed by atoms with Gasteiger partial charge in [-0.25, -0.2) is 17.1 Å². The van der Waals surface area contributed by atoms with Crippen LogP contribution in [0, 0.1) is 11.7 Å². The van der Waals surface area contributed by atoms with Crippen molar-refractivity contribution in [2.75, 3.05) is 25.4 Å². The second-order valence-corrected chi connectivity index (χ2v) is 8.39. The lowest BCUT2D eigenvalue weighted by Gasteiger charge is -2.26. The molecule has 0 spiro atoms. The Morgan fingerprint density at radius 3 is 2.46 bits per heavy atom. The number of carbonyl (C=O) groups is 1. The summed E-state index contributed by atoms with van der Waals surface area (Å²) in [5.74, 6) is -0.859. The normalized spacial score (nSPS) is 17.4. The highest BCUT2D eigenvalue weighted by molar-refractivity contribution is 7.89. The first-order valence-corrected chi connectivity index (χ1v) is 9.99. The number of nitrogens with one attached hydrogen (secondary N) is 1. The van der Waals surface area contributed by atoms with E-state index in [1.54, 1.807) is 19.1 Å². The van der Waals surface area contributed by atoms with Gasteiger partial charge in [-0.3, -0.25) is 4.79 Å². The summed E-state index contributed by atoms with van der Waals surface area (Å²) in [5.41, 5.74) is 0.875. The summed E-state index contributed by atoms with van der Waals surface area (Å²) in [6.07, 6.45) is 3.37. The van der Waals surface area contributed by atoms with Crippen LogP contribution in [0.1, 0.15) is 31.7 Å². The lowest BCUT2D eigenvalue weighted by molar-refractivity contribution is -0.124. The standard InChI is InChI=1S/C17H25FN2O3S/c1-14(13-15-5-7-16(18)8-6-15)17(21)19-9-12-24(22,23)20-10-3-2-4-11-20/h5-8,14H,2-4,9-13H2,1H3,(H,19,21). The van der Waals surface area contributed by atoms with Crippen LogP contribution in [-0.2, 0) is 21.2 Å². The average Bonchev–Trinajstić information content (AvgIpc) is 2.57. The fraction of sp³-hybridized carbons (Fsp3) is 0.588. The van der Waals surface area contributed by atoms with Crippen molar-refractivity contribution in [3.63, 3.8) is 0 Å². The number of nitrogens with zero attached hydrogens (tertiary/aromatic N) is 1. The summed E-state index contributed by atoms with van der Waals surface area (Å²) in [6, 6.07) is 6.04. The van der Waals surface area contributed by atoms with Gasteiger partial charge in [-0.05, 0) is 37.0 Å². The van der Waals surface area contributed by atoms with E-state index in [9.17, 15) is 17.6 Å². The van der Waals surface area contributed by atoms with Crippen LogP contribution in [0.5, 0.6) is 0 Å². The molecule has 0 aromatic heterocycles. The Kier molecular flexibility index (Phi) is 6.74. The quantitative estimate of drug-likeness (QED) is 0.812. The molecule has 0 saturated carbocycles.